The van der Waals surface area contributed by atoms with Crippen molar-refractivity contribution in [3.05, 3.63) is 68.7 Å². The lowest BCUT2D eigenvalue weighted by atomic mass is 9.68. The van der Waals surface area contributed by atoms with Gasteiger partial charge in [0.1, 0.15) is 0 Å². The summed E-state index contributed by atoms with van der Waals surface area (Å²) in [7, 11) is 0. The summed E-state index contributed by atoms with van der Waals surface area (Å²) in [6.45, 7) is 2.04. The van der Waals surface area contributed by atoms with Crippen LogP contribution >= 0.6 is 11.6 Å². The Hall–Kier alpha value is -3.50. The zero-order chi connectivity index (χ0) is 23.3. The Morgan fingerprint density at radius 3 is 2.52 bits per heavy atom. The van der Waals surface area contributed by atoms with E-state index in [-0.39, 0.29) is 12.1 Å². The molecule has 1 spiro atoms. The first-order chi connectivity index (χ1) is 15.8. The van der Waals surface area contributed by atoms with Crippen molar-refractivity contribution < 1.29 is 19.3 Å². The van der Waals surface area contributed by atoms with Crippen molar-refractivity contribution in [1.82, 2.24) is 15.5 Å². The number of anilines is 1. The van der Waals surface area contributed by atoms with Crippen LogP contribution in [0.15, 0.2) is 42.5 Å². The first-order valence-electron chi connectivity index (χ1n) is 10.5. The number of hydrogen-bond acceptors (Lipinski definition) is 7. The maximum atomic E-state index is 13.2. The van der Waals surface area contributed by atoms with Gasteiger partial charge in [0.2, 0.25) is 11.8 Å². The molecule has 4 amide bonds. The van der Waals surface area contributed by atoms with Gasteiger partial charge in [-0.05, 0) is 23.3 Å². The number of carbonyl (C=O) groups is 3. The molecule has 0 saturated carbocycles. The van der Waals surface area contributed by atoms with Crippen LogP contribution in [0.5, 0.6) is 0 Å². The minimum atomic E-state index is -1.60. The van der Waals surface area contributed by atoms with Gasteiger partial charge in [-0.3, -0.25) is 35.2 Å². The first kappa shape index (κ1) is 21.4. The molecule has 5 rings (SSSR count). The van der Waals surface area contributed by atoms with E-state index in [2.05, 4.69) is 15.5 Å². The second-order valence-electron chi connectivity index (χ2n) is 8.49. The number of benzene rings is 2. The molecule has 0 aliphatic carbocycles. The van der Waals surface area contributed by atoms with Crippen LogP contribution in [-0.4, -0.2) is 53.3 Å². The highest BCUT2D eigenvalue weighted by Crippen LogP contribution is 2.45. The predicted octanol–water partition coefficient (Wildman–Crippen LogP) is 1.85. The van der Waals surface area contributed by atoms with Gasteiger partial charge in [-0.2, -0.15) is 0 Å². The summed E-state index contributed by atoms with van der Waals surface area (Å²) in [4.78, 5) is 53.1. The second kappa shape index (κ2) is 7.82. The van der Waals surface area contributed by atoms with E-state index in [1.807, 2.05) is 29.2 Å². The number of piperazine rings is 1. The van der Waals surface area contributed by atoms with Crippen LogP contribution in [0.3, 0.4) is 0 Å². The summed E-state index contributed by atoms with van der Waals surface area (Å²) in [5.41, 5.74) is 0.495. The van der Waals surface area contributed by atoms with E-state index >= 15 is 0 Å². The number of hydrogen-bond donors (Lipinski definition) is 2. The van der Waals surface area contributed by atoms with Crippen LogP contribution in [0.25, 0.3) is 0 Å². The molecule has 170 valence electrons. The molecule has 0 bridgehead atoms. The van der Waals surface area contributed by atoms with Gasteiger partial charge in [-0.25, -0.2) is 4.79 Å². The van der Waals surface area contributed by atoms with E-state index in [9.17, 15) is 24.5 Å². The first-order valence-corrected chi connectivity index (χ1v) is 10.8. The number of carbonyl (C=O) groups excluding carboxylic acids is 3. The van der Waals surface area contributed by atoms with E-state index in [1.165, 1.54) is 12.1 Å². The molecular weight excluding hydrogens is 450 g/mol. The third-order valence-electron chi connectivity index (χ3n) is 6.70. The van der Waals surface area contributed by atoms with Crippen LogP contribution in [0, 0.1) is 15.5 Å². The molecule has 0 aromatic heterocycles. The molecule has 11 heteroatoms. The van der Waals surface area contributed by atoms with Crippen molar-refractivity contribution >= 4 is 40.8 Å². The molecular formula is C22H20ClN5O5. The lowest BCUT2D eigenvalue weighted by Gasteiger charge is -2.54. The monoisotopic (exact) mass is 469 g/mol. The molecule has 2 fully saturated rings. The number of amides is 4. The number of halogens is 1. The van der Waals surface area contributed by atoms with E-state index in [0.717, 1.165) is 11.3 Å². The third kappa shape index (κ3) is 3.42. The van der Waals surface area contributed by atoms with E-state index in [1.54, 1.807) is 6.07 Å². The fraction of sp³-hybridized carbons (Fsp3) is 0.318. The van der Waals surface area contributed by atoms with Gasteiger partial charge < -0.3 is 4.90 Å². The number of fused-ring (bicyclic) bond motifs is 4. The molecule has 2 aromatic rings. The lowest BCUT2D eigenvalue weighted by Crippen LogP contribution is -2.74. The summed E-state index contributed by atoms with van der Waals surface area (Å²) in [6, 6.07) is 10.5. The highest BCUT2D eigenvalue weighted by atomic mass is 35.5. The Labute approximate surface area is 193 Å². The summed E-state index contributed by atoms with van der Waals surface area (Å²) < 4.78 is 0. The Balaban J connectivity index is 1.56. The smallest absolute Gasteiger partial charge is 0.328 e. The number of urea groups is 1. The van der Waals surface area contributed by atoms with Crippen molar-refractivity contribution in [2.24, 2.45) is 5.41 Å². The van der Waals surface area contributed by atoms with Crippen LogP contribution in [0.4, 0.5) is 16.2 Å². The van der Waals surface area contributed by atoms with E-state index < -0.39 is 34.2 Å². The third-order valence-corrected chi connectivity index (χ3v) is 7.07. The number of barbiturate groups is 1. The summed E-state index contributed by atoms with van der Waals surface area (Å²) in [5, 5.41) is 16.4. The van der Waals surface area contributed by atoms with Crippen molar-refractivity contribution in [2.75, 3.05) is 24.5 Å². The molecule has 0 radical (unpaired) electrons. The zero-order valence-corrected chi connectivity index (χ0v) is 18.2. The minimum absolute atomic E-state index is 0.0456. The van der Waals surface area contributed by atoms with E-state index in [4.69, 9.17) is 11.6 Å². The van der Waals surface area contributed by atoms with E-state index in [0.29, 0.717) is 36.8 Å². The number of imide groups is 2. The van der Waals surface area contributed by atoms with Crippen LogP contribution in [0.1, 0.15) is 11.1 Å². The number of non-ortho nitro benzene ring substituents is 1. The molecule has 10 nitrogen and oxygen atoms in total. The lowest BCUT2D eigenvalue weighted by molar-refractivity contribution is -0.384. The van der Waals surface area contributed by atoms with Crippen LogP contribution in [-0.2, 0) is 22.6 Å². The zero-order valence-electron chi connectivity index (χ0n) is 17.4. The summed E-state index contributed by atoms with van der Waals surface area (Å²) in [6.07, 6.45) is -0.0456. The maximum absolute atomic E-state index is 13.2. The fourth-order valence-electron chi connectivity index (χ4n) is 5.11. The van der Waals surface area contributed by atoms with Gasteiger partial charge in [-0.1, -0.05) is 29.8 Å². The standard InChI is InChI=1S/C22H20ClN5O5/c23-16-4-2-1-3-13(16)11-26-7-8-27-17-6-5-15(28(32)33)9-14(17)10-22(18(27)12-26)19(29)24-21(31)25-20(22)30/h1-6,9,18H,7-8,10-12H2,(H2,24,25,29,30,31). The van der Waals surface area contributed by atoms with Crippen molar-refractivity contribution in [3.63, 3.8) is 0 Å². The SMILES string of the molecule is O=C1NC(=O)C2(Cc3cc([N+](=O)[O-])ccc3N3CCN(Cc4ccccc4Cl)CC32)C(=O)N1. The Morgan fingerprint density at radius 2 is 1.82 bits per heavy atom. The topological polar surface area (TPSA) is 125 Å². The average Bonchev–Trinajstić information content (AvgIpc) is 2.78. The van der Waals surface area contributed by atoms with Gasteiger partial charge in [0, 0.05) is 55.4 Å². The highest BCUT2D eigenvalue weighted by Gasteiger charge is 2.60. The normalized spacial score (nSPS) is 21.8. The predicted molar refractivity (Wildman–Crippen MR) is 119 cm³/mol. The molecule has 2 N–H and O–H groups in total. The molecule has 2 aromatic carbocycles. The maximum Gasteiger partial charge on any atom is 0.328 e. The largest absolute Gasteiger partial charge is 0.364 e. The molecule has 33 heavy (non-hydrogen) atoms. The van der Waals surface area contributed by atoms with Gasteiger partial charge in [-0.15, -0.1) is 0 Å². The van der Waals surface area contributed by atoms with Gasteiger partial charge in [0.15, 0.2) is 5.41 Å². The molecule has 3 aliphatic rings. The second-order valence-corrected chi connectivity index (χ2v) is 8.90. The molecule has 3 aliphatic heterocycles. The molecule has 1 unspecified atom stereocenters. The molecule has 3 heterocycles. The summed E-state index contributed by atoms with van der Waals surface area (Å²) in [5.74, 6) is -1.38. The van der Waals surface area contributed by atoms with Crippen molar-refractivity contribution in [3.8, 4) is 0 Å². The number of rotatable bonds is 3. The van der Waals surface area contributed by atoms with Gasteiger partial charge in [0.05, 0.1) is 11.0 Å². The Morgan fingerprint density at radius 1 is 1.09 bits per heavy atom. The quantitative estimate of drug-likeness (QED) is 0.399. The molecule has 2 saturated heterocycles. The summed E-state index contributed by atoms with van der Waals surface area (Å²) >= 11 is 6.33. The average molecular weight is 470 g/mol. The number of nitro benzene ring substituents is 1. The number of nitro groups is 1. The number of nitrogens with one attached hydrogen (secondary N) is 2. The van der Waals surface area contributed by atoms with Gasteiger partial charge in [0.25, 0.3) is 5.69 Å². The Bertz CT molecular complexity index is 1180. The fourth-order valence-corrected chi connectivity index (χ4v) is 5.31. The van der Waals surface area contributed by atoms with Crippen LogP contribution in [0.2, 0.25) is 5.02 Å². The van der Waals surface area contributed by atoms with Crippen molar-refractivity contribution in [1.29, 1.82) is 0 Å². The molecule has 1 atom stereocenters. The Kier molecular flexibility index (Phi) is 5.06. The van der Waals surface area contributed by atoms with Crippen molar-refractivity contribution in [2.45, 2.75) is 19.0 Å². The minimum Gasteiger partial charge on any atom is -0.364 e. The highest BCUT2D eigenvalue weighted by molar-refractivity contribution is 6.31. The van der Waals surface area contributed by atoms with Crippen LogP contribution < -0.4 is 15.5 Å². The van der Waals surface area contributed by atoms with Gasteiger partial charge >= 0.3 is 6.03 Å². The number of nitrogens with zero attached hydrogens (tertiary/aromatic N) is 3.